The highest BCUT2D eigenvalue weighted by Gasteiger charge is 2.07. The topological polar surface area (TPSA) is 44.2 Å². The first-order chi connectivity index (χ1) is 9.76. The summed E-state index contributed by atoms with van der Waals surface area (Å²) in [5.74, 6) is 2.76. The van der Waals surface area contributed by atoms with Gasteiger partial charge in [-0.1, -0.05) is 12.1 Å². The number of hydrogen-bond acceptors (Lipinski definition) is 4. The molecule has 4 heteroatoms. The van der Waals surface area contributed by atoms with Crippen LogP contribution in [0.1, 0.15) is 5.82 Å². The van der Waals surface area contributed by atoms with E-state index in [0.29, 0.717) is 17.5 Å². The molecule has 100 valence electrons. The minimum Gasteiger partial charge on any atom is -0.497 e. The molecule has 0 bridgehead atoms. The fraction of sp³-hybridized carbons (Fsp3) is 0.125. The van der Waals surface area contributed by atoms with Crippen LogP contribution in [0.5, 0.6) is 17.4 Å². The van der Waals surface area contributed by atoms with E-state index in [-0.39, 0.29) is 0 Å². The maximum Gasteiger partial charge on any atom is 0.230 e. The lowest BCUT2D eigenvalue weighted by molar-refractivity contribution is 0.412. The number of methoxy groups -OCH3 is 1. The highest BCUT2D eigenvalue weighted by Crippen LogP contribution is 2.28. The standard InChI is InChI=1S/C16H14N2O2/c1-11-17-15-6-4-3-5-14(15)16(18-11)20-13-9-7-12(19-2)8-10-13/h3-10H,1-2H3. The quantitative estimate of drug-likeness (QED) is 0.724. The summed E-state index contributed by atoms with van der Waals surface area (Å²) in [5, 5.41) is 0.897. The molecule has 0 radical (unpaired) electrons. The van der Waals surface area contributed by atoms with E-state index >= 15 is 0 Å². The Morgan fingerprint density at radius 1 is 0.850 bits per heavy atom. The lowest BCUT2D eigenvalue weighted by atomic mass is 10.2. The molecule has 1 heterocycles. The average Bonchev–Trinajstić information content (AvgIpc) is 2.48. The van der Waals surface area contributed by atoms with Crippen molar-refractivity contribution in [3.05, 3.63) is 54.4 Å². The van der Waals surface area contributed by atoms with Gasteiger partial charge in [0.25, 0.3) is 0 Å². The van der Waals surface area contributed by atoms with Crippen LogP contribution in [0.2, 0.25) is 0 Å². The second-order valence-electron chi connectivity index (χ2n) is 4.37. The van der Waals surface area contributed by atoms with Gasteiger partial charge in [0.1, 0.15) is 17.3 Å². The molecule has 1 aromatic heterocycles. The Labute approximate surface area is 117 Å². The molecule has 20 heavy (non-hydrogen) atoms. The Kier molecular flexibility index (Phi) is 3.21. The normalized spacial score (nSPS) is 10.5. The van der Waals surface area contributed by atoms with E-state index in [9.17, 15) is 0 Å². The summed E-state index contributed by atoms with van der Waals surface area (Å²) < 4.78 is 11.0. The molecule has 0 N–H and O–H groups in total. The molecule has 0 saturated heterocycles. The molecule has 3 aromatic rings. The SMILES string of the molecule is COc1ccc(Oc2nc(C)nc3ccccc23)cc1. The van der Waals surface area contributed by atoms with Gasteiger partial charge in [0.2, 0.25) is 5.88 Å². The van der Waals surface area contributed by atoms with Crippen molar-refractivity contribution in [3.8, 4) is 17.4 Å². The molecule has 0 saturated carbocycles. The monoisotopic (exact) mass is 266 g/mol. The number of nitrogens with zero attached hydrogens (tertiary/aromatic N) is 2. The van der Waals surface area contributed by atoms with Gasteiger partial charge in [-0.3, -0.25) is 0 Å². The van der Waals surface area contributed by atoms with Gasteiger partial charge in [-0.25, -0.2) is 4.98 Å². The van der Waals surface area contributed by atoms with Crippen molar-refractivity contribution in [2.75, 3.05) is 7.11 Å². The van der Waals surface area contributed by atoms with Crippen LogP contribution in [0, 0.1) is 6.92 Å². The third-order valence-corrected chi connectivity index (χ3v) is 2.95. The maximum absolute atomic E-state index is 5.87. The molecule has 4 nitrogen and oxygen atoms in total. The molecule has 0 unspecified atom stereocenters. The van der Waals surface area contributed by atoms with E-state index in [0.717, 1.165) is 16.7 Å². The molecule has 0 amide bonds. The number of benzene rings is 2. The summed E-state index contributed by atoms with van der Waals surface area (Å²) in [5.41, 5.74) is 0.878. The number of rotatable bonds is 3. The first kappa shape index (κ1) is 12.4. The number of aromatic nitrogens is 2. The van der Waals surface area contributed by atoms with Crippen LogP contribution in [0.15, 0.2) is 48.5 Å². The van der Waals surface area contributed by atoms with E-state index in [1.54, 1.807) is 7.11 Å². The van der Waals surface area contributed by atoms with Crippen molar-refractivity contribution in [2.45, 2.75) is 6.92 Å². The summed E-state index contributed by atoms with van der Waals surface area (Å²) >= 11 is 0. The van der Waals surface area contributed by atoms with Crippen molar-refractivity contribution in [2.24, 2.45) is 0 Å². The van der Waals surface area contributed by atoms with Crippen LogP contribution in [-0.4, -0.2) is 17.1 Å². The van der Waals surface area contributed by atoms with E-state index in [4.69, 9.17) is 9.47 Å². The molecule has 3 rings (SSSR count). The van der Waals surface area contributed by atoms with Crippen molar-refractivity contribution in [1.82, 2.24) is 9.97 Å². The Balaban J connectivity index is 2.01. The third-order valence-electron chi connectivity index (χ3n) is 2.95. The number of para-hydroxylation sites is 1. The van der Waals surface area contributed by atoms with E-state index < -0.39 is 0 Å². The zero-order chi connectivity index (χ0) is 13.9. The first-order valence-electron chi connectivity index (χ1n) is 6.31. The van der Waals surface area contributed by atoms with Crippen LogP contribution in [0.25, 0.3) is 10.9 Å². The molecule has 0 fully saturated rings. The Bertz CT molecular complexity index is 739. The number of fused-ring (bicyclic) bond motifs is 1. The van der Waals surface area contributed by atoms with Crippen molar-refractivity contribution >= 4 is 10.9 Å². The molecular weight excluding hydrogens is 252 g/mol. The molecule has 0 aliphatic rings. The van der Waals surface area contributed by atoms with Crippen LogP contribution < -0.4 is 9.47 Å². The highest BCUT2D eigenvalue weighted by molar-refractivity contribution is 5.83. The van der Waals surface area contributed by atoms with Gasteiger partial charge in [-0.15, -0.1) is 0 Å². The van der Waals surface area contributed by atoms with Crippen molar-refractivity contribution in [3.63, 3.8) is 0 Å². The second kappa shape index (κ2) is 5.17. The van der Waals surface area contributed by atoms with Crippen LogP contribution in [-0.2, 0) is 0 Å². The van der Waals surface area contributed by atoms with Gasteiger partial charge in [0.05, 0.1) is 18.0 Å². The Hall–Kier alpha value is -2.62. The zero-order valence-corrected chi connectivity index (χ0v) is 11.3. The third kappa shape index (κ3) is 2.40. The van der Waals surface area contributed by atoms with Gasteiger partial charge >= 0.3 is 0 Å². The zero-order valence-electron chi connectivity index (χ0n) is 11.3. The molecule has 2 aromatic carbocycles. The minimum absolute atomic E-state index is 0.568. The molecule has 0 aliphatic carbocycles. The van der Waals surface area contributed by atoms with Gasteiger partial charge in [-0.05, 0) is 43.3 Å². The number of ether oxygens (including phenoxy) is 2. The molecule has 0 aliphatic heterocycles. The lowest BCUT2D eigenvalue weighted by Gasteiger charge is -2.09. The Morgan fingerprint density at radius 2 is 1.55 bits per heavy atom. The summed E-state index contributed by atoms with van der Waals surface area (Å²) in [6.45, 7) is 1.85. The van der Waals surface area contributed by atoms with E-state index in [1.165, 1.54) is 0 Å². The smallest absolute Gasteiger partial charge is 0.230 e. The Morgan fingerprint density at radius 3 is 2.30 bits per heavy atom. The largest absolute Gasteiger partial charge is 0.497 e. The fourth-order valence-electron chi connectivity index (χ4n) is 1.99. The minimum atomic E-state index is 0.568. The van der Waals surface area contributed by atoms with Gasteiger partial charge in [0, 0.05) is 0 Å². The maximum atomic E-state index is 5.87. The first-order valence-corrected chi connectivity index (χ1v) is 6.31. The summed E-state index contributed by atoms with van der Waals surface area (Å²) in [6, 6.07) is 15.2. The summed E-state index contributed by atoms with van der Waals surface area (Å²) in [6.07, 6.45) is 0. The summed E-state index contributed by atoms with van der Waals surface area (Å²) in [4.78, 5) is 8.77. The molecular formula is C16H14N2O2. The van der Waals surface area contributed by atoms with Gasteiger partial charge in [0.15, 0.2) is 0 Å². The van der Waals surface area contributed by atoms with Gasteiger partial charge in [-0.2, -0.15) is 4.98 Å². The molecule has 0 spiro atoms. The van der Waals surface area contributed by atoms with E-state index in [2.05, 4.69) is 9.97 Å². The van der Waals surface area contributed by atoms with E-state index in [1.807, 2.05) is 55.5 Å². The predicted octanol–water partition coefficient (Wildman–Crippen LogP) is 3.74. The van der Waals surface area contributed by atoms with Crippen LogP contribution >= 0.6 is 0 Å². The highest BCUT2D eigenvalue weighted by atomic mass is 16.5. The van der Waals surface area contributed by atoms with Gasteiger partial charge < -0.3 is 9.47 Å². The average molecular weight is 266 g/mol. The predicted molar refractivity (Wildman–Crippen MR) is 77.3 cm³/mol. The fourth-order valence-corrected chi connectivity index (χ4v) is 1.99. The summed E-state index contributed by atoms with van der Waals surface area (Å²) in [7, 11) is 1.64. The number of hydrogen-bond donors (Lipinski definition) is 0. The van der Waals surface area contributed by atoms with Crippen LogP contribution in [0.3, 0.4) is 0 Å². The molecule has 0 atom stereocenters. The van der Waals surface area contributed by atoms with Crippen molar-refractivity contribution < 1.29 is 9.47 Å². The van der Waals surface area contributed by atoms with Crippen molar-refractivity contribution in [1.29, 1.82) is 0 Å². The second-order valence-corrected chi connectivity index (χ2v) is 4.37. The lowest BCUT2D eigenvalue weighted by Crippen LogP contribution is -1.95. The van der Waals surface area contributed by atoms with Crippen LogP contribution in [0.4, 0.5) is 0 Å². The number of aryl methyl sites for hydroxylation is 1.